The van der Waals surface area contributed by atoms with E-state index in [0.717, 1.165) is 23.3 Å². The van der Waals surface area contributed by atoms with E-state index in [9.17, 15) is 10.1 Å². The second kappa shape index (κ2) is 4.46. The van der Waals surface area contributed by atoms with Gasteiger partial charge in [0, 0.05) is 11.6 Å². The van der Waals surface area contributed by atoms with Crippen molar-refractivity contribution in [2.45, 2.75) is 51.0 Å². The molecule has 0 radical (unpaired) electrons. The molecule has 0 unspecified atom stereocenters. The van der Waals surface area contributed by atoms with Gasteiger partial charge in [-0.05, 0) is 74.8 Å². The molecule has 0 amide bonds. The summed E-state index contributed by atoms with van der Waals surface area (Å²) in [6.07, 6.45) is 7.75. The van der Waals surface area contributed by atoms with Crippen LogP contribution in [0, 0.1) is 34.8 Å². The Morgan fingerprint density at radius 2 is 1.71 bits per heavy atom. The molecule has 4 bridgehead atoms. The van der Waals surface area contributed by atoms with E-state index >= 15 is 0 Å². The van der Waals surface area contributed by atoms with Crippen molar-refractivity contribution >= 4 is 11.4 Å². The average molecular weight is 286 g/mol. The summed E-state index contributed by atoms with van der Waals surface area (Å²) < 4.78 is 0. The van der Waals surface area contributed by atoms with Crippen molar-refractivity contribution in [3.05, 3.63) is 33.9 Å². The molecule has 0 spiro atoms. The number of nitro benzene ring substituents is 1. The van der Waals surface area contributed by atoms with Crippen LogP contribution in [0.3, 0.4) is 0 Å². The van der Waals surface area contributed by atoms with Crippen molar-refractivity contribution in [3.8, 4) is 0 Å². The number of nitrogens with zero attached hydrogens (tertiary/aromatic N) is 1. The van der Waals surface area contributed by atoms with Gasteiger partial charge in [-0.3, -0.25) is 10.1 Å². The zero-order valence-corrected chi connectivity index (χ0v) is 12.5. The zero-order chi connectivity index (χ0) is 14.6. The number of nitrogens with one attached hydrogen (secondary N) is 1. The summed E-state index contributed by atoms with van der Waals surface area (Å²) in [7, 11) is 0. The van der Waals surface area contributed by atoms with Gasteiger partial charge < -0.3 is 5.32 Å². The highest BCUT2D eigenvalue weighted by Crippen LogP contribution is 2.56. The van der Waals surface area contributed by atoms with Gasteiger partial charge >= 0.3 is 0 Å². The summed E-state index contributed by atoms with van der Waals surface area (Å²) in [5, 5.41) is 14.9. The normalized spacial score (nSPS) is 36.7. The zero-order valence-electron chi connectivity index (χ0n) is 12.5. The van der Waals surface area contributed by atoms with Crippen LogP contribution in [0.25, 0.3) is 0 Å². The third-order valence-corrected chi connectivity index (χ3v) is 5.79. The van der Waals surface area contributed by atoms with Crippen LogP contribution in [0.5, 0.6) is 0 Å². The lowest BCUT2D eigenvalue weighted by molar-refractivity contribution is -0.384. The molecule has 1 aromatic carbocycles. The van der Waals surface area contributed by atoms with Crippen LogP contribution in [0.15, 0.2) is 18.2 Å². The van der Waals surface area contributed by atoms with E-state index in [4.69, 9.17) is 0 Å². The minimum absolute atomic E-state index is 0.120. The molecule has 112 valence electrons. The lowest BCUT2D eigenvalue weighted by atomic mass is 9.53. The molecule has 1 aromatic rings. The Balaban J connectivity index is 1.66. The largest absolute Gasteiger partial charge is 0.374 e. The Hall–Kier alpha value is -1.58. The van der Waals surface area contributed by atoms with E-state index in [1.807, 2.05) is 19.1 Å². The summed E-state index contributed by atoms with van der Waals surface area (Å²) in [6.45, 7) is 1.90. The Bertz CT molecular complexity index is 561. The van der Waals surface area contributed by atoms with Gasteiger partial charge in [0.15, 0.2) is 0 Å². The van der Waals surface area contributed by atoms with Gasteiger partial charge in [0.2, 0.25) is 0 Å². The first-order valence-electron chi connectivity index (χ1n) is 8.06. The Kier molecular flexibility index (Phi) is 2.78. The molecule has 4 fully saturated rings. The van der Waals surface area contributed by atoms with Gasteiger partial charge in [-0.25, -0.2) is 0 Å². The molecule has 0 aromatic heterocycles. The minimum atomic E-state index is -0.254. The minimum Gasteiger partial charge on any atom is -0.374 e. The van der Waals surface area contributed by atoms with Gasteiger partial charge in [0.25, 0.3) is 5.69 Å². The molecule has 4 aliphatic carbocycles. The molecule has 4 saturated carbocycles. The first-order valence-corrected chi connectivity index (χ1v) is 8.06. The van der Waals surface area contributed by atoms with E-state index < -0.39 is 0 Å². The highest BCUT2D eigenvalue weighted by Gasteiger charge is 2.51. The second-order valence-corrected chi connectivity index (χ2v) is 7.60. The summed E-state index contributed by atoms with van der Waals surface area (Å²) in [4.78, 5) is 11.1. The van der Waals surface area contributed by atoms with Gasteiger partial charge in [-0.1, -0.05) is 6.07 Å². The second-order valence-electron chi connectivity index (χ2n) is 7.60. The summed E-state index contributed by atoms with van der Waals surface area (Å²) in [5.41, 5.74) is 2.01. The molecule has 0 heterocycles. The van der Waals surface area contributed by atoms with Crippen molar-refractivity contribution in [1.29, 1.82) is 0 Å². The first kappa shape index (κ1) is 13.1. The third kappa shape index (κ3) is 2.21. The van der Waals surface area contributed by atoms with Crippen LogP contribution in [-0.4, -0.2) is 10.5 Å². The quantitative estimate of drug-likeness (QED) is 0.666. The maximum absolute atomic E-state index is 11.3. The van der Waals surface area contributed by atoms with Crippen LogP contribution in [0.2, 0.25) is 0 Å². The van der Waals surface area contributed by atoms with E-state index in [-0.39, 0.29) is 16.1 Å². The van der Waals surface area contributed by atoms with Crippen LogP contribution in [0.1, 0.15) is 44.1 Å². The van der Waals surface area contributed by atoms with Crippen molar-refractivity contribution in [2.24, 2.45) is 17.8 Å². The van der Waals surface area contributed by atoms with E-state index in [1.165, 1.54) is 38.5 Å². The van der Waals surface area contributed by atoms with Crippen LogP contribution >= 0.6 is 0 Å². The Morgan fingerprint density at radius 3 is 2.24 bits per heavy atom. The molecule has 4 aliphatic rings. The first-order chi connectivity index (χ1) is 10.0. The molecular weight excluding hydrogens is 264 g/mol. The number of nitro groups is 1. The SMILES string of the molecule is Cc1ccc(NC23CC4CC(CC(C4)C2)C3)c([N+](=O)[O-])c1. The molecule has 4 heteroatoms. The molecule has 1 N–H and O–H groups in total. The maximum atomic E-state index is 11.3. The molecule has 0 aliphatic heterocycles. The van der Waals surface area contributed by atoms with Crippen molar-refractivity contribution < 1.29 is 4.92 Å². The standard InChI is InChI=1S/C17H22N2O2/c1-11-2-3-15(16(4-11)19(20)21)18-17-8-12-5-13(9-17)7-14(6-12)10-17/h2-4,12-14,18H,5-10H2,1H3. The van der Waals surface area contributed by atoms with Gasteiger partial charge in [0.05, 0.1) is 4.92 Å². The number of hydrogen-bond donors (Lipinski definition) is 1. The van der Waals surface area contributed by atoms with Crippen molar-refractivity contribution in [1.82, 2.24) is 0 Å². The lowest BCUT2D eigenvalue weighted by Crippen LogP contribution is -2.54. The molecule has 0 saturated heterocycles. The molecule has 21 heavy (non-hydrogen) atoms. The van der Waals surface area contributed by atoms with E-state index in [0.29, 0.717) is 5.69 Å². The van der Waals surface area contributed by atoms with Gasteiger partial charge in [-0.15, -0.1) is 0 Å². The summed E-state index contributed by atoms with van der Waals surface area (Å²) in [5.74, 6) is 2.52. The Labute approximate surface area is 125 Å². The number of benzene rings is 1. The number of anilines is 1. The lowest BCUT2D eigenvalue weighted by Gasteiger charge is -2.57. The maximum Gasteiger partial charge on any atom is 0.292 e. The smallest absolute Gasteiger partial charge is 0.292 e. The fourth-order valence-corrected chi connectivity index (χ4v) is 5.45. The van der Waals surface area contributed by atoms with Gasteiger partial charge in [0.1, 0.15) is 5.69 Å². The predicted molar refractivity (Wildman–Crippen MR) is 82.4 cm³/mol. The fraction of sp³-hybridized carbons (Fsp3) is 0.647. The topological polar surface area (TPSA) is 55.2 Å². The fourth-order valence-electron chi connectivity index (χ4n) is 5.45. The average Bonchev–Trinajstić information content (AvgIpc) is 2.38. The highest BCUT2D eigenvalue weighted by molar-refractivity contribution is 5.64. The number of aryl methyl sites for hydroxylation is 1. The molecule has 5 rings (SSSR count). The summed E-state index contributed by atoms with van der Waals surface area (Å²) in [6, 6.07) is 5.55. The third-order valence-electron chi connectivity index (χ3n) is 5.79. The van der Waals surface area contributed by atoms with Crippen molar-refractivity contribution in [3.63, 3.8) is 0 Å². The Morgan fingerprint density at radius 1 is 1.14 bits per heavy atom. The number of rotatable bonds is 3. The van der Waals surface area contributed by atoms with Crippen molar-refractivity contribution in [2.75, 3.05) is 5.32 Å². The monoisotopic (exact) mass is 286 g/mol. The van der Waals surface area contributed by atoms with E-state index in [2.05, 4.69) is 5.32 Å². The van der Waals surface area contributed by atoms with E-state index in [1.54, 1.807) is 6.07 Å². The predicted octanol–water partition coefficient (Wildman–Crippen LogP) is 4.28. The van der Waals surface area contributed by atoms with Gasteiger partial charge in [-0.2, -0.15) is 0 Å². The van der Waals surface area contributed by atoms with Crippen LogP contribution < -0.4 is 5.32 Å². The highest BCUT2D eigenvalue weighted by atomic mass is 16.6. The molecular formula is C17H22N2O2. The molecule has 0 atom stereocenters. The van der Waals surface area contributed by atoms with Crippen LogP contribution in [0.4, 0.5) is 11.4 Å². The molecule has 4 nitrogen and oxygen atoms in total. The summed E-state index contributed by atoms with van der Waals surface area (Å²) >= 11 is 0. The van der Waals surface area contributed by atoms with Crippen LogP contribution in [-0.2, 0) is 0 Å². The number of hydrogen-bond acceptors (Lipinski definition) is 3.